The van der Waals surface area contributed by atoms with Crippen LogP contribution < -0.4 is 4.90 Å². The first-order valence-corrected chi connectivity index (χ1v) is 8.51. The highest BCUT2D eigenvalue weighted by Crippen LogP contribution is 2.47. The van der Waals surface area contributed by atoms with Crippen molar-refractivity contribution in [1.82, 2.24) is 0 Å². The number of anilines is 1. The van der Waals surface area contributed by atoms with E-state index in [2.05, 4.69) is 11.8 Å². The molecule has 0 bridgehead atoms. The van der Waals surface area contributed by atoms with Crippen LogP contribution in [0.15, 0.2) is 30.3 Å². The summed E-state index contributed by atoms with van der Waals surface area (Å²) in [6.07, 6.45) is 4.31. The van der Waals surface area contributed by atoms with Crippen LogP contribution in [0.3, 0.4) is 0 Å². The number of nitrogens with zero attached hydrogens (tertiary/aromatic N) is 1. The Labute approximate surface area is 138 Å². The average molecular weight is 311 g/mol. The van der Waals surface area contributed by atoms with Gasteiger partial charge < -0.3 is 15.1 Å². The molecule has 1 aliphatic heterocycles. The monoisotopic (exact) mass is 311 g/mol. The molecule has 1 heterocycles. The van der Waals surface area contributed by atoms with Crippen molar-refractivity contribution in [3.8, 4) is 22.6 Å². The fourth-order valence-corrected chi connectivity index (χ4v) is 3.17. The first-order chi connectivity index (χ1) is 11.1. The molecule has 3 heteroatoms. The molecule has 23 heavy (non-hydrogen) atoms. The van der Waals surface area contributed by atoms with Gasteiger partial charge in [-0.05, 0) is 37.0 Å². The third-order valence-electron chi connectivity index (χ3n) is 4.45. The molecule has 1 aliphatic rings. The van der Waals surface area contributed by atoms with E-state index in [0.717, 1.165) is 48.3 Å². The summed E-state index contributed by atoms with van der Waals surface area (Å²) in [5, 5.41) is 21.4. The second kappa shape index (κ2) is 6.53. The molecule has 2 N–H and O–H groups in total. The molecule has 2 aromatic carbocycles. The molecular weight excluding hydrogens is 286 g/mol. The van der Waals surface area contributed by atoms with Crippen molar-refractivity contribution in [3.05, 3.63) is 41.5 Å². The van der Waals surface area contributed by atoms with Crippen molar-refractivity contribution in [2.45, 2.75) is 39.5 Å². The van der Waals surface area contributed by atoms with Gasteiger partial charge >= 0.3 is 0 Å². The van der Waals surface area contributed by atoms with E-state index >= 15 is 0 Å². The van der Waals surface area contributed by atoms with E-state index in [1.165, 1.54) is 12.8 Å². The lowest BCUT2D eigenvalue weighted by Crippen LogP contribution is -2.00. The first kappa shape index (κ1) is 15.7. The number of hydrogen-bond acceptors (Lipinski definition) is 3. The van der Waals surface area contributed by atoms with Gasteiger partial charge in [0.2, 0.25) is 0 Å². The zero-order chi connectivity index (χ0) is 16.4. The molecule has 3 nitrogen and oxygen atoms in total. The number of phenolic OH excluding ortho intramolecular Hbond substituents is 2. The summed E-state index contributed by atoms with van der Waals surface area (Å²) in [5.41, 5.74) is 4.50. The number of rotatable bonds is 6. The number of aromatic hydroxyl groups is 2. The highest BCUT2D eigenvalue weighted by molar-refractivity contribution is 5.86. The zero-order valence-corrected chi connectivity index (χ0v) is 14.0. The fourth-order valence-electron chi connectivity index (χ4n) is 3.17. The Morgan fingerprint density at radius 2 is 1.87 bits per heavy atom. The van der Waals surface area contributed by atoms with Crippen molar-refractivity contribution in [2.75, 3.05) is 18.0 Å². The van der Waals surface area contributed by atoms with Gasteiger partial charge in [0, 0.05) is 13.1 Å². The van der Waals surface area contributed by atoms with Gasteiger partial charge in [0.05, 0.1) is 11.3 Å². The van der Waals surface area contributed by atoms with Crippen LogP contribution in [0.4, 0.5) is 5.69 Å². The van der Waals surface area contributed by atoms with Crippen molar-refractivity contribution in [3.63, 3.8) is 0 Å². The molecule has 3 rings (SSSR count). The molecule has 122 valence electrons. The first-order valence-electron chi connectivity index (χ1n) is 8.51. The Morgan fingerprint density at radius 3 is 2.52 bits per heavy atom. The lowest BCUT2D eigenvalue weighted by atomic mass is 9.96. The highest BCUT2D eigenvalue weighted by Gasteiger charge is 2.28. The minimum absolute atomic E-state index is 0.171. The van der Waals surface area contributed by atoms with Gasteiger partial charge in [-0.25, -0.2) is 0 Å². The van der Waals surface area contributed by atoms with Crippen LogP contribution in [0.2, 0.25) is 0 Å². The van der Waals surface area contributed by atoms with E-state index in [1.807, 2.05) is 37.3 Å². The van der Waals surface area contributed by atoms with E-state index in [0.29, 0.717) is 5.56 Å². The van der Waals surface area contributed by atoms with Crippen LogP contribution in [0.1, 0.15) is 37.3 Å². The minimum atomic E-state index is 0.171. The molecule has 1 saturated heterocycles. The van der Waals surface area contributed by atoms with Gasteiger partial charge in [-0.15, -0.1) is 0 Å². The predicted molar refractivity (Wildman–Crippen MR) is 95.4 cm³/mol. The van der Waals surface area contributed by atoms with Gasteiger partial charge in [-0.3, -0.25) is 0 Å². The van der Waals surface area contributed by atoms with Crippen LogP contribution in [-0.2, 0) is 6.42 Å². The van der Waals surface area contributed by atoms with Crippen LogP contribution in [0, 0.1) is 6.92 Å². The maximum atomic E-state index is 10.9. The van der Waals surface area contributed by atoms with E-state index < -0.39 is 0 Å². The Hall–Kier alpha value is -2.16. The summed E-state index contributed by atoms with van der Waals surface area (Å²) in [6, 6.07) is 9.75. The van der Waals surface area contributed by atoms with Gasteiger partial charge in [-0.2, -0.15) is 0 Å². The Morgan fingerprint density at radius 1 is 1.09 bits per heavy atom. The summed E-state index contributed by atoms with van der Waals surface area (Å²) < 4.78 is 0. The largest absolute Gasteiger partial charge is 0.507 e. The standard InChI is InChI=1S/C20H25NO2/c1-3-4-5-8-16-13-17(22)18(15-9-6-7-14(2)12-15)20(23)19(16)21-10-11-21/h6-7,9,12-13,22-23H,3-5,8,10-11H2,1-2H3. The molecule has 0 aliphatic carbocycles. The summed E-state index contributed by atoms with van der Waals surface area (Å²) in [4.78, 5) is 2.18. The number of benzene rings is 2. The van der Waals surface area contributed by atoms with Crippen molar-refractivity contribution in [2.24, 2.45) is 0 Å². The van der Waals surface area contributed by atoms with Crippen molar-refractivity contribution in [1.29, 1.82) is 0 Å². The Kier molecular flexibility index (Phi) is 4.46. The lowest BCUT2D eigenvalue weighted by Gasteiger charge is -2.18. The maximum absolute atomic E-state index is 10.9. The molecule has 0 aromatic heterocycles. The van der Waals surface area contributed by atoms with Gasteiger partial charge in [0.15, 0.2) is 5.75 Å². The van der Waals surface area contributed by atoms with Gasteiger partial charge in [0.1, 0.15) is 5.75 Å². The smallest absolute Gasteiger partial charge is 0.150 e. The third-order valence-corrected chi connectivity index (χ3v) is 4.45. The molecule has 0 amide bonds. The normalized spacial score (nSPS) is 13.4. The molecule has 0 spiro atoms. The number of hydrogen-bond donors (Lipinski definition) is 2. The number of aryl methyl sites for hydroxylation is 2. The van der Waals surface area contributed by atoms with Gasteiger partial charge in [0.25, 0.3) is 0 Å². The molecule has 0 unspecified atom stereocenters. The summed E-state index contributed by atoms with van der Waals surface area (Å²) >= 11 is 0. The van der Waals surface area contributed by atoms with Crippen LogP contribution in [-0.4, -0.2) is 23.3 Å². The molecule has 0 atom stereocenters. The third kappa shape index (κ3) is 3.29. The van der Waals surface area contributed by atoms with Crippen molar-refractivity contribution < 1.29 is 10.2 Å². The lowest BCUT2D eigenvalue weighted by molar-refractivity contribution is 0.453. The topological polar surface area (TPSA) is 43.5 Å². The van der Waals surface area contributed by atoms with E-state index in [1.54, 1.807) is 0 Å². The number of phenols is 2. The Balaban J connectivity index is 2.06. The maximum Gasteiger partial charge on any atom is 0.150 e. The van der Waals surface area contributed by atoms with E-state index in [9.17, 15) is 10.2 Å². The van der Waals surface area contributed by atoms with E-state index in [-0.39, 0.29) is 11.5 Å². The quantitative estimate of drug-likeness (QED) is 0.604. The van der Waals surface area contributed by atoms with Crippen LogP contribution >= 0.6 is 0 Å². The van der Waals surface area contributed by atoms with E-state index in [4.69, 9.17) is 0 Å². The minimum Gasteiger partial charge on any atom is -0.507 e. The average Bonchev–Trinajstić information content (AvgIpc) is 3.32. The molecule has 0 saturated carbocycles. The molecular formula is C20H25NO2. The highest BCUT2D eigenvalue weighted by atomic mass is 16.3. The van der Waals surface area contributed by atoms with Gasteiger partial charge in [-0.1, -0.05) is 49.6 Å². The second-order valence-electron chi connectivity index (χ2n) is 6.44. The predicted octanol–water partition coefficient (Wildman–Crippen LogP) is 4.63. The molecule has 0 radical (unpaired) electrons. The van der Waals surface area contributed by atoms with Crippen LogP contribution in [0.5, 0.6) is 11.5 Å². The Bertz CT molecular complexity index is 705. The SMILES string of the molecule is CCCCCc1cc(O)c(-c2cccc(C)c2)c(O)c1N1CC1. The second-order valence-corrected chi connectivity index (χ2v) is 6.44. The summed E-state index contributed by atoms with van der Waals surface area (Å²) in [5.74, 6) is 0.393. The van der Waals surface area contributed by atoms with Crippen molar-refractivity contribution >= 4 is 5.69 Å². The molecule has 1 fully saturated rings. The van der Waals surface area contributed by atoms with Crippen LogP contribution in [0.25, 0.3) is 11.1 Å². The number of unbranched alkanes of at least 4 members (excludes halogenated alkanes) is 2. The summed E-state index contributed by atoms with van der Waals surface area (Å²) in [6.45, 7) is 6.15. The zero-order valence-electron chi connectivity index (χ0n) is 14.0. The summed E-state index contributed by atoms with van der Waals surface area (Å²) in [7, 11) is 0. The molecule has 2 aromatic rings. The fraction of sp³-hybridized carbons (Fsp3) is 0.400.